The first kappa shape index (κ1) is 13.2. The van der Waals surface area contributed by atoms with Crippen LogP contribution in [0.2, 0.25) is 0 Å². The fourth-order valence-corrected chi connectivity index (χ4v) is 2.05. The lowest BCUT2D eigenvalue weighted by atomic mass is 10.1. The van der Waals surface area contributed by atoms with E-state index in [1.54, 1.807) is 0 Å². The molecule has 2 atom stereocenters. The summed E-state index contributed by atoms with van der Waals surface area (Å²) in [6, 6.07) is 11.7. The summed E-state index contributed by atoms with van der Waals surface area (Å²) in [6.07, 6.45) is 5.28. The molecule has 0 radical (unpaired) electrons. The molecular formula is C15H25N. The molecule has 0 amide bonds. The molecule has 0 saturated carbocycles. The van der Waals surface area contributed by atoms with Crippen LogP contribution in [0.5, 0.6) is 0 Å². The van der Waals surface area contributed by atoms with Crippen LogP contribution in [0, 0.1) is 0 Å². The van der Waals surface area contributed by atoms with Crippen LogP contribution in [-0.4, -0.2) is 6.04 Å². The second-order valence-electron chi connectivity index (χ2n) is 4.70. The Balaban J connectivity index is 2.31. The molecule has 1 N–H and O–H groups in total. The molecule has 1 rings (SSSR count). The van der Waals surface area contributed by atoms with Crippen molar-refractivity contribution in [2.45, 2.75) is 58.5 Å². The van der Waals surface area contributed by atoms with E-state index in [0.717, 1.165) is 0 Å². The van der Waals surface area contributed by atoms with Crippen molar-refractivity contribution in [3.8, 4) is 0 Å². The average molecular weight is 219 g/mol. The van der Waals surface area contributed by atoms with Crippen molar-refractivity contribution >= 4 is 0 Å². The van der Waals surface area contributed by atoms with Gasteiger partial charge in [0.05, 0.1) is 0 Å². The highest BCUT2D eigenvalue weighted by molar-refractivity contribution is 5.18. The zero-order valence-corrected chi connectivity index (χ0v) is 10.9. The van der Waals surface area contributed by atoms with Gasteiger partial charge in [0.1, 0.15) is 0 Å². The maximum atomic E-state index is 3.66. The van der Waals surface area contributed by atoms with E-state index in [4.69, 9.17) is 0 Å². The van der Waals surface area contributed by atoms with Gasteiger partial charge in [-0.2, -0.15) is 0 Å². The Kier molecular flexibility index (Phi) is 6.17. The van der Waals surface area contributed by atoms with Crippen LogP contribution in [0.1, 0.15) is 58.1 Å². The highest BCUT2D eigenvalue weighted by Gasteiger charge is 2.08. The van der Waals surface area contributed by atoms with Crippen molar-refractivity contribution < 1.29 is 0 Å². The zero-order valence-electron chi connectivity index (χ0n) is 10.9. The van der Waals surface area contributed by atoms with Crippen LogP contribution in [0.25, 0.3) is 0 Å². The molecular weight excluding hydrogens is 194 g/mol. The Bertz CT molecular complexity index is 268. The van der Waals surface area contributed by atoms with Gasteiger partial charge < -0.3 is 5.32 Å². The third-order valence-electron chi connectivity index (χ3n) is 3.07. The molecule has 0 aromatic heterocycles. The largest absolute Gasteiger partial charge is 0.308 e. The molecule has 1 heteroatoms. The highest BCUT2D eigenvalue weighted by Crippen LogP contribution is 2.13. The Labute approximate surface area is 100 Å². The van der Waals surface area contributed by atoms with Crippen molar-refractivity contribution in [1.29, 1.82) is 0 Å². The monoisotopic (exact) mass is 219 g/mol. The predicted octanol–water partition coefficient (Wildman–Crippen LogP) is 4.31. The number of rotatable bonds is 7. The molecule has 0 aliphatic rings. The van der Waals surface area contributed by atoms with Gasteiger partial charge in [0.15, 0.2) is 0 Å². The first-order valence-electron chi connectivity index (χ1n) is 6.55. The number of hydrogen-bond acceptors (Lipinski definition) is 1. The van der Waals surface area contributed by atoms with Gasteiger partial charge in [0.25, 0.3) is 0 Å². The molecule has 0 fully saturated rings. The lowest BCUT2D eigenvalue weighted by Crippen LogP contribution is -2.28. The molecule has 1 aromatic rings. The topological polar surface area (TPSA) is 12.0 Å². The average Bonchev–Trinajstić information content (AvgIpc) is 2.30. The van der Waals surface area contributed by atoms with Crippen LogP contribution in [0.3, 0.4) is 0 Å². The van der Waals surface area contributed by atoms with Crippen LogP contribution in [0.15, 0.2) is 30.3 Å². The molecule has 0 heterocycles. The van der Waals surface area contributed by atoms with Crippen molar-refractivity contribution in [3.63, 3.8) is 0 Å². The first-order chi connectivity index (χ1) is 7.74. The number of hydrogen-bond donors (Lipinski definition) is 1. The molecule has 1 aromatic carbocycles. The third-order valence-corrected chi connectivity index (χ3v) is 3.07. The van der Waals surface area contributed by atoms with Crippen molar-refractivity contribution in [1.82, 2.24) is 5.32 Å². The summed E-state index contributed by atoms with van der Waals surface area (Å²) in [5.74, 6) is 0. The molecule has 2 unspecified atom stereocenters. The molecule has 0 aliphatic carbocycles. The summed E-state index contributed by atoms with van der Waals surface area (Å²) in [6.45, 7) is 6.78. The van der Waals surface area contributed by atoms with E-state index in [9.17, 15) is 0 Å². The molecule has 0 spiro atoms. The van der Waals surface area contributed by atoms with Gasteiger partial charge in [0, 0.05) is 12.1 Å². The second kappa shape index (κ2) is 7.45. The van der Waals surface area contributed by atoms with Gasteiger partial charge >= 0.3 is 0 Å². The second-order valence-corrected chi connectivity index (χ2v) is 4.70. The molecule has 0 aliphatic heterocycles. The lowest BCUT2D eigenvalue weighted by Gasteiger charge is -2.20. The zero-order chi connectivity index (χ0) is 11.8. The Hall–Kier alpha value is -0.820. The SMILES string of the molecule is CCCCCC(C)NC(C)c1ccccc1. The van der Waals surface area contributed by atoms with E-state index in [-0.39, 0.29) is 0 Å². The van der Waals surface area contributed by atoms with E-state index in [0.29, 0.717) is 12.1 Å². The van der Waals surface area contributed by atoms with E-state index < -0.39 is 0 Å². The summed E-state index contributed by atoms with van der Waals surface area (Å²) in [7, 11) is 0. The van der Waals surface area contributed by atoms with Gasteiger partial charge in [-0.3, -0.25) is 0 Å². The van der Waals surface area contributed by atoms with E-state index in [1.807, 2.05) is 0 Å². The Morgan fingerprint density at radius 2 is 1.75 bits per heavy atom. The fraction of sp³-hybridized carbons (Fsp3) is 0.600. The van der Waals surface area contributed by atoms with Gasteiger partial charge in [-0.15, -0.1) is 0 Å². The standard InChI is InChI=1S/C15H25N/c1-4-5-7-10-13(2)16-14(3)15-11-8-6-9-12-15/h6,8-9,11-14,16H,4-5,7,10H2,1-3H3. The Morgan fingerprint density at radius 3 is 2.38 bits per heavy atom. The highest BCUT2D eigenvalue weighted by atomic mass is 14.9. The third kappa shape index (κ3) is 4.80. The van der Waals surface area contributed by atoms with Crippen LogP contribution < -0.4 is 5.32 Å². The number of unbranched alkanes of at least 4 members (excludes halogenated alkanes) is 2. The van der Waals surface area contributed by atoms with Crippen molar-refractivity contribution in [2.24, 2.45) is 0 Å². The minimum atomic E-state index is 0.456. The van der Waals surface area contributed by atoms with Crippen LogP contribution in [-0.2, 0) is 0 Å². The van der Waals surface area contributed by atoms with Gasteiger partial charge in [-0.1, -0.05) is 56.5 Å². The fourth-order valence-electron chi connectivity index (χ4n) is 2.05. The van der Waals surface area contributed by atoms with Crippen molar-refractivity contribution in [3.05, 3.63) is 35.9 Å². The van der Waals surface area contributed by atoms with Crippen LogP contribution >= 0.6 is 0 Å². The molecule has 0 bridgehead atoms. The van der Waals surface area contributed by atoms with E-state index >= 15 is 0 Å². The summed E-state index contributed by atoms with van der Waals surface area (Å²) in [4.78, 5) is 0. The molecule has 16 heavy (non-hydrogen) atoms. The van der Waals surface area contributed by atoms with E-state index in [1.165, 1.54) is 31.2 Å². The van der Waals surface area contributed by atoms with Gasteiger partial charge in [-0.05, 0) is 25.8 Å². The summed E-state index contributed by atoms with van der Waals surface area (Å²) in [5.41, 5.74) is 1.38. The van der Waals surface area contributed by atoms with E-state index in [2.05, 4.69) is 56.4 Å². The maximum Gasteiger partial charge on any atom is 0.0294 e. The normalized spacial score (nSPS) is 14.7. The number of nitrogens with one attached hydrogen (secondary N) is 1. The number of benzene rings is 1. The molecule has 0 saturated heterocycles. The smallest absolute Gasteiger partial charge is 0.0294 e. The molecule has 1 nitrogen and oxygen atoms in total. The summed E-state index contributed by atoms with van der Waals surface area (Å²) in [5, 5.41) is 3.66. The maximum absolute atomic E-state index is 3.66. The van der Waals surface area contributed by atoms with Crippen LogP contribution in [0.4, 0.5) is 0 Å². The van der Waals surface area contributed by atoms with Gasteiger partial charge in [-0.25, -0.2) is 0 Å². The minimum Gasteiger partial charge on any atom is -0.308 e. The summed E-state index contributed by atoms with van der Waals surface area (Å²) < 4.78 is 0. The first-order valence-corrected chi connectivity index (χ1v) is 6.55. The Morgan fingerprint density at radius 1 is 1.06 bits per heavy atom. The summed E-state index contributed by atoms with van der Waals surface area (Å²) >= 11 is 0. The predicted molar refractivity (Wildman–Crippen MR) is 71.6 cm³/mol. The quantitative estimate of drug-likeness (QED) is 0.674. The van der Waals surface area contributed by atoms with Crippen molar-refractivity contribution in [2.75, 3.05) is 0 Å². The lowest BCUT2D eigenvalue weighted by molar-refractivity contribution is 0.440. The minimum absolute atomic E-state index is 0.456. The van der Waals surface area contributed by atoms with Gasteiger partial charge in [0.2, 0.25) is 0 Å². The molecule has 90 valence electrons.